The van der Waals surface area contributed by atoms with Gasteiger partial charge in [-0.3, -0.25) is 4.79 Å². The lowest BCUT2D eigenvalue weighted by molar-refractivity contribution is -0.138. The Balaban J connectivity index is 3.00. The van der Waals surface area contributed by atoms with Gasteiger partial charge in [0.1, 0.15) is 5.78 Å². The van der Waals surface area contributed by atoms with E-state index >= 15 is 0 Å². The molecule has 0 spiro atoms. The standard InChI is InChI=1S/C13H22O/c1-5-9-13(12(2,3)4)10-7-6-8-11(13)14/h5H,1,6-10H2,2-4H3/t13-/m0/s1. The Bertz CT molecular complexity index is 234. The molecule has 1 saturated carbocycles. The molecule has 0 N–H and O–H groups in total. The van der Waals surface area contributed by atoms with Gasteiger partial charge in [-0.05, 0) is 24.7 Å². The van der Waals surface area contributed by atoms with E-state index in [0.29, 0.717) is 5.78 Å². The molecule has 0 heterocycles. The van der Waals surface area contributed by atoms with Gasteiger partial charge in [0.15, 0.2) is 0 Å². The van der Waals surface area contributed by atoms with Gasteiger partial charge in [0.2, 0.25) is 0 Å². The van der Waals surface area contributed by atoms with Crippen molar-refractivity contribution in [3.05, 3.63) is 12.7 Å². The molecule has 1 aliphatic rings. The van der Waals surface area contributed by atoms with Gasteiger partial charge < -0.3 is 0 Å². The fourth-order valence-corrected chi connectivity index (χ4v) is 2.65. The van der Waals surface area contributed by atoms with Gasteiger partial charge in [-0.25, -0.2) is 0 Å². The number of allylic oxidation sites excluding steroid dienone is 1. The Morgan fingerprint density at radius 2 is 2.07 bits per heavy atom. The summed E-state index contributed by atoms with van der Waals surface area (Å²) < 4.78 is 0. The second kappa shape index (κ2) is 3.88. The van der Waals surface area contributed by atoms with Gasteiger partial charge in [0.25, 0.3) is 0 Å². The third kappa shape index (κ3) is 1.77. The minimum atomic E-state index is -0.132. The summed E-state index contributed by atoms with van der Waals surface area (Å²) in [5.74, 6) is 0.455. The lowest BCUT2D eigenvalue weighted by Crippen LogP contribution is -2.44. The normalized spacial score (nSPS) is 28.9. The molecule has 1 rings (SSSR count). The van der Waals surface area contributed by atoms with Crippen LogP contribution in [0.2, 0.25) is 0 Å². The van der Waals surface area contributed by atoms with Crippen molar-refractivity contribution in [1.29, 1.82) is 0 Å². The molecule has 0 unspecified atom stereocenters. The first-order valence-corrected chi connectivity index (χ1v) is 5.58. The van der Waals surface area contributed by atoms with Crippen molar-refractivity contribution in [3.63, 3.8) is 0 Å². The van der Waals surface area contributed by atoms with E-state index in [2.05, 4.69) is 27.4 Å². The van der Waals surface area contributed by atoms with E-state index < -0.39 is 0 Å². The summed E-state index contributed by atoms with van der Waals surface area (Å²) >= 11 is 0. The minimum absolute atomic E-state index is 0.0681. The zero-order chi connectivity index (χ0) is 10.8. The van der Waals surface area contributed by atoms with E-state index in [1.165, 1.54) is 6.42 Å². The summed E-state index contributed by atoms with van der Waals surface area (Å²) in [4.78, 5) is 12.1. The number of hydrogen-bond donors (Lipinski definition) is 0. The second-order valence-electron chi connectivity index (χ2n) is 5.46. The molecule has 0 aromatic carbocycles. The van der Waals surface area contributed by atoms with Crippen LogP contribution in [0.3, 0.4) is 0 Å². The predicted octanol–water partition coefficient (Wildman–Crippen LogP) is 3.74. The van der Waals surface area contributed by atoms with E-state index in [1.54, 1.807) is 0 Å². The molecule has 0 aromatic heterocycles. The maximum atomic E-state index is 12.1. The number of hydrogen-bond acceptors (Lipinski definition) is 1. The molecule has 1 fully saturated rings. The fraction of sp³-hybridized carbons (Fsp3) is 0.769. The van der Waals surface area contributed by atoms with E-state index in [1.807, 2.05) is 6.08 Å². The molecule has 0 saturated heterocycles. The number of carbonyl (C=O) groups is 1. The van der Waals surface area contributed by atoms with Crippen LogP contribution in [0, 0.1) is 10.8 Å². The van der Waals surface area contributed by atoms with E-state index in [9.17, 15) is 4.79 Å². The largest absolute Gasteiger partial charge is 0.299 e. The van der Waals surface area contributed by atoms with Crippen LogP contribution >= 0.6 is 0 Å². The first kappa shape index (κ1) is 11.5. The fourth-order valence-electron chi connectivity index (χ4n) is 2.65. The molecular formula is C13H22O. The van der Waals surface area contributed by atoms with Crippen molar-refractivity contribution in [3.8, 4) is 0 Å². The minimum Gasteiger partial charge on any atom is -0.299 e. The third-order valence-electron chi connectivity index (χ3n) is 3.72. The van der Waals surface area contributed by atoms with Gasteiger partial charge in [-0.2, -0.15) is 0 Å². The molecule has 0 amide bonds. The quantitative estimate of drug-likeness (QED) is 0.612. The van der Waals surface area contributed by atoms with Crippen LogP contribution in [0.15, 0.2) is 12.7 Å². The summed E-state index contributed by atoms with van der Waals surface area (Å²) in [6, 6.07) is 0. The topological polar surface area (TPSA) is 17.1 Å². The van der Waals surface area contributed by atoms with E-state index in [-0.39, 0.29) is 10.8 Å². The van der Waals surface area contributed by atoms with Crippen LogP contribution in [0.4, 0.5) is 0 Å². The Morgan fingerprint density at radius 3 is 2.50 bits per heavy atom. The number of carbonyl (C=O) groups excluding carboxylic acids is 1. The predicted molar refractivity (Wildman–Crippen MR) is 60.2 cm³/mol. The van der Waals surface area contributed by atoms with Crippen LogP contribution in [0.1, 0.15) is 52.9 Å². The number of ketones is 1. The molecule has 1 atom stereocenters. The molecule has 0 aromatic rings. The van der Waals surface area contributed by atoms with Crippen molar-refractivity contribution in [1.82, 2.24) is 0 Å². The first-order valence-electron chi connectivity index (χ1n) is 5.58. The van der Waals surface area contributed by atoms with Crippen LogP contribution in [-0.2, 0) is 4.79 Å². The van der Waals surface area contributed by atoms with E-state index in [4.69, 9.17) is 0 Å². The average Bonchev–Trinajstić information content (AvgIpc) is 2.07. The molecule has 1 nitrogen and oxygen atoms in total. The molecule has 0 radical (unpaired) electrons. The maximum absolute atomic E-state index is 12.1. The van der Waals surface area contributed by atoms with E-state index in [0.717, 1.165) is 25.7 Å². The lowest BCUT2D eigenvalue weighted by Gasteiger charge is -2.45. The molecular weight excluding hydrogens is 172 g/mol. The van der Waals surface area contributed by atoms with Gasteiger partial charge >= 0.3 is 0 Å². The highest BCUT2D eigenvalue weighted by molar-refractivity contribution is 5.86. The summed E-state index contributed by atoms with van der Waals surface area (Å²) in [5.41, 5.74) is -0.0638. The van der Waals surface area contributed by atoms with Crippen LogP contribution < -0.4 is 0 Å². The SMILES string of the molecule is C=CC[C@]1(C(C)(C)C)CCCCC1=O. The van der Waals surface area contributed by atoms with Crippen LogP contribution in [0.25, 0.3) is 0 Å². The first-order chi connectivity index (χ1) is 6.44. The molecule has 1 aliphatic carbocycles. The van der Waals surface area contributed by atoms with Crippen LogP contribution in [0.5, 0.6) is 0 Å². The average molecular weight is 194 g/mol. The van der Waals surface area contributed by atoms with Gasteiger partial charge in [-0.1, -0.05) is 33.3 Å². The summed E-state index contributed by atoms with van der Waals surface area (Å²) in [6.45, 7) is 10.3. The Morgan fingerprint density at radius 1 is 1.43 bits per heavy atom. The smallest absolute Gasteiger partial charge is 0.139 e. The summed E-state index contributed by atoms with van der Waals surface area (Å²) in [6.07, 6.45) is 6.83. The molecule has 0 aliphatic heterocycles. The van der Waals surface area contributed by atoms with Gasteiger partial charge in [0.05, 0.1) is 0 Å². The van der Waals surface area contributed by atoms with Crippen molar-refractivity contribution >= 4 is 5.78 Å². The maximum Gasteiger partial charge on any atom is 0.139 e. The number of rotatable bonds is 2. The third-order valence-corrected chi connectivity index (χ3v) is 3.72. The second-order valence-corrected chi connectivity index (χ2v) is 5.46. The molecule has 0 bridgehead atoms. The zero-order valence-electron chi connectivity index (χ0n) is 9.73. The summed E-state index contributed by atoms with van der Waals surface area (Å²) in [7, 11) is 0. The molecule has 1 heteroatoms. The summed E-state index contributed by atoms with van der Waals surface area (Å²) in [5, 5.41) is 0. The highest BCUT2D eigenvalue weighted by Gasteiger charge is 2.47. The molecule has 80 valence electrons. The lowest BCUT2D eigenvalue weighted by atomic mass is 9.57. The molecule has 14 heavy (non-hydrogen) atoms. The zero-order valence-corrected chi connectivity index (χ0v) is 9.73. The Hall–Kier alpha value is -0.590. The van der Waals surface area contributed by atoms with Gasteiger partial charge in [0, 0.05) is 11.8 Å². The number of Topliss-reactive ketones (excluding diaryl/α,β-unsaturated/α-hetero) is 1. The van der Waals surface area contributed by atoms with Crippen LogP contribution in [-0.4, -0.2) is 5.78 Å². The van der Waals surface area contributed by atoms with Crippen molar-refractivity contribution in [2.24, 2.45) is 10.8 Å². The Kier molecular flexibility index (Phi) is 3.18. The highest BCUT2D eigenvalue weighted by Crippen LogP contribution is 2.49. The monoisotopic (exact) mass is 194 g/mol. The highest BCUT2D eigenvalue weighted by atomic mass is 16.1. The Labute approximate surface area is 87.6 Å². The van der Waals surface area contributed by atoms with Gasteiger partial charge in [-0.15, -0.1) is 6.58 Å². The van der Waals surface area contributed by atoms with Crippen molar-refractivity contribution < 1.29 is 4.79 Å². The van der Waals surface area contributed by atoms with Crippen molar-refractivity contribution in [2.45, 2.75) is 52.9 Å². The van der Waals surface area contributed by atoms with Crippen molar-refractivity contribution in [2.75, 3.05) is 0 Å².